The average molecular weight is 271 g/mol. The number of aromatic nitrogens is 1. The van der Waals surface area contributed by atoms with Gasteiger partial charge in [0.1, 0.15) is 6.61 Å². The monoisotopic (exact) mass is 271 g/mol. The van der Waals surface area contributed by atoms with Gasteiger partial charge in [-0.05, 0) is 26.8 Å². The molecule has 1 heterocycles. The number of rotatable bonds is 7. The van der Waals surface area contributed by atoms with Gasteiger partial charge < -0.3 is 15.0 Å². The zero-order valence-electron chi connectivity index (χ0n) is 11.2. The maximum Gasteiger partial charge on any atom is 0.252 e. The summed E-state index contributed by atoms with van der Waals surface area (Å²) in [5, 5.41) is 2.73. The van der Waals surface area contributed by atoms with Crippen molar-refractivity contribution in [3.63, 3.8) is 0 Å². The number of likely N-dealkylation sites (N-methyl/N-ethyl adjacent to an activating group) is 1. The molecule has 0 amide bonds. The van der Waals surface area contributed by atoms with Crippen molar-refractivity contribution < 1.29 is 13.5 Å². The summed E-state index contributed by atoms with van der Waals surface area (Å²) in [7, 11) is 2.01. The van der Waals surface area contributed by atoms with Gasteiger partial charge in [0.05, 0.1) is 0 Å². The van der Waals surface area contributed by atoms with E-state index in [-0.39, 0.29) is 11.7 Å². The van der Waals surface area contributed by atoms with Gasteiger partial charge in [0.2, 0.25) is 0 Å². The number of ether oxygens (including phenoxy) is 1. The molecule has 0 saturated heterocycles. The number of nitrogens with one attached hydrogen (secondary N) is 1. The number of hydrogen-bond acceptors (Lipinski definition) is 4. The first-order valence-electron chi connectivity index (χ1n) is 6.54. The van der Waals surface area contributed by atoms with E-state index in [1.807, 2.05) is 14.0 Å². The van der Waals surface area contributed by atoms with Crippen molar-refractivity contribution in [3.05, 3.63) is 17.7 Å². The van der Waals surface area contributed by atoms with Gasteiger partial charge >= 0.3 is 0 Å². The summed E-state index contributed by atoms with van der Waals surface area (Å²) < 4.78 is 32.1. The Hall–Kier alpha value is -1.43. The van der Waals surface area contributed by atoms with E-state index in [1.165, 1.54) is 12.8 Å². The molecule has 1 saturated carbocycles. The van der Waals surface area contributed by atoms with Gasteiger partial charge in [-0.3, -0.25) is 0 Å². The Labute approximate surface area is 111 Å². The summed E-state index contributed by atoms with van der Waals surface area (Å²) in [5.41, 5.74) is 0. The highest BCUT2D eigenvalue weighted by molar-refractivity contribution is 5.39. The summed E-state index contributed by atoms with van der Waals surface area (Å²) in [4.78, 5) is 5.99. The van der Waals surface area contributed by atoms with Crippen molar-refractivity contribution >= 4 is 5.82 Å². The Bertz CT molecular complexity index is 438. The van der Waals surface area contributed by atoms with Gasteiger partial charge in [-0.1, -0.05) is 0 Å². The Morgan fingerprint density at radius 1 is 1.42 bits per heavy atom. The van der Waals surface area contributed by atoms with Crippen molar-refractivity contribution in [1.29, 1.82) is 0 Å². The lowest BCUT2D eigenvalue weighted by Crippen LogP contribution is -2.26. The largest absolute Gasteiger partial charge is 0.474 e. The molecule has 0 aromatic carbocycles. The molecule has 1 N–H and O–H groups in total. The molecule has 2 rings (SSSR count). The topological polar surface area (TPSA) is 37.4 Å². The molecule has 1 aliphatic rings. The maximum atomic E-state index is 13.5. The van der Waals surface area contributed by atoms with Gasteiger partial charge in [0.25, 0.3) is 5.88 Å². The molecule has 1 fully saturated rings. The molecule has 0 atom stereocenters. The van der Waals surface area contributed by atoms with Crippen LogP contribution in [0.3, 0.4) is 0 Å². The summed E-state index contributed by atoms with van der Waals surface area (Å²) in [5.74, 6) is -1.61. The Balaban J connectivity index is 1.92. The molecule has 6 heteroatoms. The van der Waals surface area contributed by atoms with Gasteiger partial charge in [0, 0.05) is 25.2 Å². The lowest BCUT2D eigenvalue weighted by Gasteiger charge is -2.16. The molecule has 1 aromatic rings. The molecule has 0 radical (unpaired) electrons. The van der Waals surface area contributed by atoms with Crippen LogP contribution < -0.4 is 10.1 Å². The quantitative estimate of drug-likeness (QED) is 0.825. The highest BCUT2D eigenvalue weighted by atomic mass is 19.1. The van der Waals surface area contributed by atoms with E-state index in [4.69, 9.17) is 4.74 Å². The van der Waals surface area contributed by atoms with Crippen molar-refractivity contribution in [3.8, 4) is 5.88 Å². The predicted octanol–water partition coefficient (Wildman–Crippen LogP) is 2.26. The third kappa shape index (κ3) is 3.76. The average Bonchev–Trinajstić information content (AvgIpc) is 3.18. The first kappa shape index (κ1) is 14.0. The van der Waals surface area contributed by atoms with E-state index in [0.29, 0.717) is 25.7 Å². The molecule has 1 aromatic heterocycles. The van der Waals surface area contributed by atoms with E-state index in [0.717, 1.165) is 6.07 Å². The lowest BCUT2D eigenvalue weighted by atomic mass is 10.4. The van der Waals surface area contributed by atoms with Crippen LogP contribution in [0.25, 0.3) is 0 Å². The molecule has 0 unspecified atom stereocenters. The first-order chi connectivity index (χ1) is 9.11. The standard InChI is InChI=1S/C13H19F2N3O/c1-3-16-12-10(14)8-11(15)13(17-12)19-7-6-18(2)9-4-5-9/h8-9H,3-7H2,1-2H3,(H,16,17). The molecule has 1 aliphatic carbocycles. The molecule has 4 nitrogen and oxygen atoms in total. The number of halogens is 2. The van der Waals surface area contributed by atoms with E-state index >= 15 is 0 Å². The van der Waals surface area contributed by atoms with Crippen LogP contribution in [-0.4, -0.2) is 42.7 Å². The van der Waals surface area contributed by atoms with Crippen LogP contribution in [0, 0.1) is 11.6 Å². The summed E-state index contributed by atoms with van der Waals surface area (Å²) in [6.45, 7) is 3.38. The molecule has 0 aliphatic heterocycles. The smallest absolute Gasteiger partial charge is 0.252 e. The predicted molar refractivity (Wildman–Crippen MR) is 69.5 cm³/mol. The van der Waals surface area contributed by atoms with Crippen LogP contribution in [0.4, 0.5) is 14.6 Å². The van der Waals surface area contributed by atoms with E-state index < -0.39 is 11.6 Å². The molecule has 106 valence electrons. The summed E-state index contributed by atoms with van der Waals surface area (Å²) in [6, 6.07) is 1.43. The Kier molecular flexibility index (Phi) is 4.52. The van der Waals surface area contributed by atoms with Crippen LogP contribution in [0.1, 0.15) is 19.8 Å². The highest BCUT2D eigenvalue weighted by Gasteiger charge is 2.25. The van der Waals surface area contributed by atoms with Crippen LogP contribution >= 0.6 is 0 Å². The van der Waals surface area contributed by atoms with Gasteiger partial charge in [-0.15, -0.1) is 0 Å². The zero-order valence-corrected chi connectivity index (χ0v) is 11.2. The number of anilines is 1. The highest BCUT2D eigenvalue weighted by Crippen LogP contribution is 2.25. The van der Waals surface area contributed by atoms with Crippen molar-refractivity contribution in [2.45, 2.75) is 25.8 Å². The van der Waals surface area contributed by atoms with Gasteiger partial charge in [-0.2, -0.15) is 4.98 Å². The van der Waals surface area contributed by atoms with Crippen molar-refractivity contribution in [1.82, 2.24) is 9.88 Å². The molecule has 19 heavy (non-hydrogen) atoms. The van der Waals surface area contributed by atoms with Crippen molar-refractivity contribution in [2.75, 3.05) is 32.1 Å². The minimum Gasteiger partial charge on any atom is -0.474 e. The van der Waals surface area contributed by atoms with Crippen LogP contribution in [0.15, 0.2) is 6.07 Å². The van der Waals surface area contributed by atoms with Crippen LogP contribution in [0.5, 0.6) is 5.88 Å². The van der Waals surface area contributed by atoms with Crippen LogP contribution in [-0.2, 0) is 0 Å². The van der Waals surface area contributed by atoms with E-state index in [1.54, 1.807) is 0 Å². The lowest BCUT2D eigenvalue weighted by molar-refractivity contribution is 0.219. The fourth-order valence-corrected chi connectivity index (χ4v) is 1.83. The number of nitrogens with zero attached hydrogens (tertiary/aromatic N) is 2. The third-order valence-electron chi connectivity index (χ3n) is 3.09. The second-order valence-corrected chi connectivity index (χ2v) is 4.70. The van der Waals surface area contributed by atoms with Crippen LogP contribution in [0.2, 0.25) is 0 Å². The zero-order chi connectivity index (χ0) is 13.8. The molecule has 0 bridgehead atoms. The first-order valence-corrected chi connectivity index (χ1v) is 6.54. The minimum absolute atomic E-state index is 0.0226. The fourth-order valence-electron chi connectivity index (χ4n) is 1.83. The normalized spacial score (nSPS) is 14.8. The second-order valence-electron chi connectivity index (χ2n) is 4.70. The minimum atomic E-state index is -0.770. The summed E-state index contributed by atoms with van der Waals surface area (Å²) >= 11 is 0. The molecular formula is C13H19F2N3O. The maximum absolute atomic E-state index is 13.5. The number of hydrogen-bond donors (Lipinski definition) is 1. The summed E-state index contributed by atoms with van der Waals surface area (Å²) in [6.07, 6.45) is 2.43. The van der Waals surface area contributed by atoms with Gasteiger partial charge in [-0.25, -0.2) is 8.78 Å². The second kappa shape index (κ2) is 6.14. The Morgan fingerprint density at radius 2 is 2.16 bits per heavy atom. The van der Waals surface area contributed by atoms with Gasteiger partial charge in [0.15, 0.2) is 17.5 Å². The third-order valence-corrected chi connectivity index (χ3v) is 3.09. The fraction of sp³-hybridized carbons (Fsp3) is 0.615. The number of pyridine rings is 1. The van der Waals surface area contributed by atoms with E-state index in [9.17, 15) is 8.78 Å². The molecular weight excluding hydrogens is 252 g/mol. The SMILES string of the molecule is CCNc1nc(OCCN(C)C2CC2)c(F)cc1F. The van der Waals surface area contributed by atoms with E-state index in [2.05, 4.69) is 15.2 Å². The molecule has 0 spiro atoms. The Morgan fingerprint density at radius 3 is 2.79 bits per heavy atom. The van der Waals surface area contributed by atoms with Crippen molar-refractivity contribution in [2.24, 2.45) is 0 Å².